The molecular weight excluding hydrogens is 877 g/mol. The van der Waals surface area contributed by atoms with Crippen LogP contribution in [-0.2, 0) is 28.6 Å². The van der Waals surface area contributed by atoms with Crippen molar-refractivity contribution in [3.05, 3.63) is 24.3 Å². The van der Waals surface area contributed by atoms with Crippen molar-refractivity contribution in [1.82, 2.24) is 0 Å². The van der Waals surface area contributed by atoms with Gasteiger partial charge < -0.3 is 14.2 Å². The van der Waals surface area contributed by atoms with E-state index in [-0.39, 0.29) is 31.1 Å². The average molecular weight is 1000 g/mol. The maximum absolute atomic E-state index is 12.9. The number of rotatable bonds is 59. The summed E-state index contributed by atoms with van der Waals surface area (Å²) in [4.78, 5) is 38.3. The number of hydrogen-bond donors (Lipinski definition) is 0. The van der Waals surface area contributed by atoms with Crippen LogP contribution in [0.1, 0.15) is 355 Å². The minimum Gasteiger partial charge on any atom is -0.462 e. The minimum absolute atomic E-state index is 0.0694. The third kappa shape index (κ3) is 58.7. The molecule has 0 aliphatic rings. The fraction of sp³-hybridized carbons (Fsp3) is 0.892. The van der Waals surface area contributed by atoms with Crippen molar-refractivity contribution in [3.63, 3.8) is 0 Å². The molecule has 1 atom stereocenters. The average Bonchev–Trinajstić information content (AvgIpc) is 3.37. The number of carbonyl (C=O) groups excluding carboxylic acids is 3. The molecule has 0 spiro atoms. The molecule has 418 valence electrons. The third-order valence-electron chi connectivity index (χ3n) is 14.4. The van der Waals surface area contributed by atoms with Gasteiger partial charge in [-0.3, -0.25) is 14.4 Å². The molecule has 0 saturated carbocycles. The first kappa shape index (κ1) is 68.9. The van der Waals surface area contributed by atoms with E-state index >= 15 is 0 Å². The summed E-state index contributed by atoms with van der Waals surface area (Å²) in [5.74, 6) is -0.852. The van der Waals surface area contributed by atoms with Crippen molar-refractivity contribution < 1.29 is 28.6 Å². The summed E-state index contributed by atoms with van der Waals surface area (Å²) < 4.78 is 16.9. The van der Waals surface area contributed by atoms with Gasteiger partial charge in [-0.05, 0) is 70.6 Å². The molecule has 0 saturated heterocycles. The highest BCUT2D eigenvalue weighted by Crippen LogP contribution is 2.17. The molecule has 0 radical (unpaired) electrons. The number of esters is 3. The highest BCUT2D eigenvalue weighted by Gasteiger charge is 2.19. The summed E-state index contributed by atoms with van der Waals surface area (Å²) >= 11 is 0. The highest BCUT2D eigenvalue weighted by atomic mass is 16.6. The fourth-order valence-corrected chi connectivity index (χ4v) is 9.61. The van der Waals surface area contributed by atoms with Crippen LogP contribution >= 0.6 is 0 Å². The van der Waals surface area contributed by atoms with Gasteiger partial charge in [0.15, 0.2) is 6.10 Å². The van der Waals surface area contributed by atoms with Crippen LogP contribution < -0.4 is 0 Å². The molecule has 0 aromatic rings. The van der Waals surface area contributed by atoms with E-state index in [1.165, 1.54) is 257 Å². The SMILES string of the molecule is CCCCCCCCCC/C=C\CCCCCCCCCC(=O)OCC(COC(=O)CCCCCCCCCCCCCCCCC)OC(=O)CCCCCCCCC/C=C\CCCCCCCCCC. The largest absolute Gasteiger partial charge is 0.462 e. The Labute approximate surface area is 443 Å². The van der Waals surface area contributed by atoms with Crippen LogP contribution in [0.2, 0.25) is 0 Å². The van der Waals surface area contributed by atoms with E-state index in [2.05, 4.69) is 45.1 Å². The molecule has 71 heavy (non-hydrogen) atoms. The lowest BCUT2D eigenvalue weighted by molar-refractivity contribution is -0.167. The molecule has 0 rings (SSSR count). The lowest BCUT2D eigenvalue weighted by Gasteiger charge is -2.18. The molecule has 6 heteroatoms. The normalized spacial score (nSPS) is 12.1. The van der Waals surface area contributed by atoms with Crippen molar-refractivity contribution in [2.75, 3.05) is 13.2 Å². The van der Waals surface area contributed by atoms with Crippen LogP contribution in [0.25, 0.3) is 0 Å². The smallest absolute Gasteiger partial charge is 0.306 e. The van der Waals surface area contributed by atoms with E-state index in [9.17, 15) is 14.4 Å². The Bertz CT molecular complexity index is 1150. The van der Waals surface area contributed by atoms with Crippen molar-refractivity contribution in [3.8, 4) is 0 Å². The Morgan fingerprint density at radius 3 is 0.704 bits per heavy atom. The Hall–Kier alpha value is -2.11. The Morgan fingerprint density at radius 2 is 0.465 bits per heavy atom. The fourth-order valence-electron chi connectivity index (χ4n) is 9.61. The van der Waals surface area contributed by atoms with Gasteiger partial charge in [0, 0.05) is 19.3 Å². The van der Waals surface area contributed by atoms with Gasteiger partial charge in [-0.15, -0.1) is 0 Å². The molecule has 0 bridgehead atoms. The molecule has 0 aliphatic carbocycles. The highest BCUT2D eigenvalue weighted by molar-refractivity contribution is 5.71. The lowest BCUT2D eigenvalue weighted by atomic mass is 10.0. The van der Waals surface area contributed by atoms with Crippen LogP contribution in [-0.4, -0.2) is 37.2 Å². The topological polar surface area (TPSA) is 78.9 Å². The summed E-state index contributed by atoms with van der Waals surface area (Å²) in [5.41, 5.74) is 0. The Kier molecular flexibility index (Phi) is 58.6. The Balaban J connectivity index is 4.33. The molecule has 0 aromatic carbocycles. The quantitative estimate of drug-likeness (QED) is 0.0261. The second kappa shape index (κ2) is 60.4. The first-order valence-electron chi connectivity index (χ1n) is 31.8. The zero-order valence-electron chi connectivity index (χ0n) is 48.0. The van der Waals surface area contributed by atoms with Crippen molar-refractivity contribution >= 4 is 17.9 Å². The second-order valence-corrected chi connectivity index (χ2v) is 21.7. The summed E-state index contributed by atoms with van der Waals surface area (Å²) in [5, 5.41) is 0. The van der Waals surface area contributed by atoms with Crippen molar-refractivity contribution in [1.29, 1.82) is 0 Å². The number of ether oxygens (including phenoxy) is 3. The van der Waals surface area contributed by atoms with Crippen molar-refractivity contribution in [2.24, 2.45) is 0 Å². The number of allylic oxidation sites excluding steroid dienone is 4. The molecule has 6 nitrogen and oxygen atoms in total. The van der Waals surface area contributed by atoms with Gasteiger partial charge in [-0.25, -0.2) is 0 Å². The van der Waals surface area contributed by atoms with E-state index in [1.807, 2.05) is 0 Å². The molecule has 0 aliphatic heterocycles. The van der Waals surface area contributed by atoms with Crippen LogP contribution in [0, 0.1) is 0 Å². The van der Waals surface area contributed by atoms with Gasteiger partial charge in [0.2, 0.25) is 0 Å². The van der Waals surface area contributed by atoms with Gasteiger partial charge in [-0.2, -0.15) is 0 Å². The minimum atomic E-state index is -0.772. The number of carbonyl (C=O) groups is 3. The van der Waals surface area contributed by atoms with Crippen LogP contribution in [0.3, 0.4) is 0 Å². The molecule has 0 amide bonds. The van der Waals surface area contributed by atoms with E-state index < -0.39 is 6.10 Å². The first-order chi connectivity index (χ1) is 35.0. The van der Waals surface area contributed by atoms with Crippen LogP contribution in [0.5, 0.6) is 0 Å². The first-order valence-corrected chi connectivity index (χ1v) is 31.8. The van der Waals surface area contributed by atoms with Gasteiger partial charge in [0.05, 0.1) is 0 Å². The van der Waals surface area contributed by atoms with Gasteiger partial charge in [-0.1, -0.05) is 289 Å². The summed E-state index contributed by atoms with van der Waals surface area (Å²) in [7, 11) is 0. The second-order valence-electron chi connectivity index (χ2n) is 21.7. The zero-order valence-corrected chi connectivity index (χ0v) is 48.0. The van der Waals surface area contributed by atoms with Gasteiger partial charge in [0.1, 0.15) is 13.2 Å². The summed E-state index contributed by atoms with van der Waals surface area (Å²) in [6.07, 6.45) is 71.8. The number of unbranched alkanes of at least 4 members (excludes halogenated alkanes) is 44. The molecule has 1 unspecified atom stereocenters. The van der Waals surface area contributed by atoms with Gasteiger partial charge in [0.25, 0.3) is 0 Å². The molecule has 0 heterocycles. The standard InChI is InChI=1S/C65H122O6/c1-4-7-10-13-16-19-22-25-28-30-32-34-37-40-43-46-49-52-55-58-64(67)70-61-62(60-69-63(66)57-54-51-48-45-42-39-36-27-24-21-18-15-12-9-6-3)71-65(68)59-56-53-50-47-44-41-38-35-33-31-29-26-23-20-17-14-11-8-5-2/h30-33,62H,4-29,34-61H2,1-3H3/b32-30-,33-31-. The zero-order chi connectivity index (χ0) is 51.4. The summed E-state index contributed by atoms with van der Waals surface area (Å²) in [6.45, 7) is 6.70. The van der Waals surface area contributed by atoms with E-state index in [1.54, 1.807) is 0 Å². The van der Waals surface area contributed by atoms with Crippen LogP contribution in [0.4, 0.5) is 0 Å². The van der Waals surface area contributed by atoms with E-state index in [0.29, 0.717) is 19.3 Å². The maximum Gasteiger partial charge on any atom is 0.306 e. The molecular formula is C65H122O6. The molecule has 0 fully saturated rings. The van der Waals surface area contributed by atoms with E-state index in [0.717, 1.165) is 57.8 Å². The monoisotopic (exact) mass is 999 g/mol. The number of hydrogen-bond acceptors (Lipinski definition) is 6. The maximum atomic E-state index is 12.9. The molecule has 0 aromatic heterocycles. The van der Waals surface area contributed by atoms with Crippen molar-refractivity contribution in [2.45, 2.75) is 361 Å². The predicted molar refractivity (Wildman–Crippen MR) is 307 cm³/mol. The lowest BCUT2D eigenvalue weighted by Crippen LogP contribution is -2.30. The predicted octanol–water partition coefficient (Wildman–Crippen LogP) is 21.4. The third-order valence-corrected chi connectivity index (χ3v) is 14.4. The molecule has 0 N–H and O–H groups in total. The van der Waals surface area contributed by atoms with Crippen LogP contribution in [0.15, 0.2) is 24.3 Å². The Morgan fingerprint density at radius 1 is 0.268 bits per heavy atom. The van der Waals surface area contributed by atoms with E-state index in [4.69, 9.17) is 14.2 Å². The van der Waals surface area contributed by atoms with Gasteiger partial charge >= 0.3 is 17.9 Å². The summed E-state index contributed by atoms with van der Waals surface area (Å²) in [6, 6.07) is 0.